The second-order valence-electron chi connectivity index (χ2n) is 11.5. The molecule has 218 valence electrons. The predicted molar refractivity (Wildman–Crippen MR) is 152 cm³/mol. The monoisotopic (exact) mass is 575 g/mol. The number of fused-ring (bicyclic) bond motifs is 2. The number of hydrogen-bond acceptors (Lipinski definition) is 6. The maximum atomic E-state index is 15.0. The highest BCUT2D eigenvalue weighted by atomic mass is 35.5. The van der Waals surface area contributed by atoms with E-state index in [1.165, 1.54) is 18.2 Å². The average Bonchev–Trinajstić information content (AvgIpc) is 3.04. The number of carbonyl (C=O) groups excluding carboxylic acids is 2. The number of amides is 2. The van der Waals surface area contributed by atoms with Gasteiger partial charge in [0.25, 0.3) is 5.91 Å². The quantitative estimate of drug-likeness (QED) is 0.366. The Balaban J connectivity index is 1.79. The molecule has 40 heavy (non-hydrogen) atoms. The molecule has 4 rings (SSSR count). The van der Waals surface area contributed by atoms with Crippen molar-refractivity contribution < 1.29 is 28.6 Å². The van der Waals surface area contributed by atoms with Gasteiger partial charge >= 0.3 is 6.09 Å². The molecule has 2 aliphatic rings. The van der Waals surface area contributed by atoms with E-state index < -0.39 is 23.6 Å². The summed E-state index contributed by atoms with van der Waals surface area (Å²) in [6.07, 6.45) is 4.07. The van der Waals surface area contributed by atoms with E-state index >= 15 is 4.39 Å². The lowest BCUT2D eigenvalue weighted by Crippen LogP contribution is -2.58. The maximum absolute atomic E-state index is 15.0. The van der Waals surface area contributed by atoms with E-state index in [2.05, 4.69) is 6.92 Å². The van der Waals surface area contributed by atoms with E-state index in [9.17, 15) is 14.7 Å². The first kappa shape index (κ1) is 29.9. The lowest BCUT2D eigenvalue weighted by Gasteiger charge is -2.40. The Morgan fingerprint density at radius 2 is 2.00 bits per heavy atom. The lowest BCUT2D eigenvalue weighted by atomic mass is 9.90. The molecule has 1 N–H and O–H groups in total. The van der Waals surface area contributed by atoms with E-state index in [0.717, 1.165) is 25.7 Å². The normalized spacial score (nSPS) is 18.0. The highest BCUT2D eigenvalue weighted by molar-refractivity contribution is 6.35. The fourth-order valence-corrected chi connectivity index (χ4v) is 5.65. The van der Waals surface area contributed by atoms with Crippen molar-refractivity contribution in [3.8, 4) is 22.8 Å². The predicted octanol–water partition coefficient (Wildman–Crippen LogP) is 6.77. The third kappa shape index (κ3) is 6.14. The summed E-state index contributed by atoms with van der Waals surface area (Å²) in [5, 5.41) is 10.5. The maximum Gasteiger partial charge on any atom is 0.410 e. The summed E-state index contributed by atoms with van der Waals surface area (Å²) in [6.45, 7) is 10.5. The van der Waals surface area contributed by atoms with Gasteiger partial charge in [0.05, 0.1) is 23.0 Å². The van der Waals surface area contributed by atoms with E-state index in [0.29, 0.717) is 25.2 Å². The fraction of sp³-hybridized carbons (Fsp3) is 0.567. The number of nitrogens with zero attached hydrogens (tertiary/aromatic N) is 3. The standard InChI is InChI=1S/C30H39ClFN3O5/c1-6-8-9-11-18(7-2)25-23-27(24(31)26(33-25)22-20(32)12-10-13-21(22)36)39-17-19-16-34(14-15-35(19)28(23)37)29(38)40-30(3,4)5/h10,12-13,18-19,36H,6-9,11,14-17H2,1-5H3. The molecule has 0 bridgehead atoms. The molecule has 1 fully saturated rings. The first-order valence-corrected chi connectivity index (χ1v) is 14.5. The van der Waals surface area contributed by atoms with Crippen molar-refractivity contribution >= 4 is 23.6 Å². The van der Waals surface area contributed by atoms with Crippen LogP contribution in [0.15, 0.2) is 18.2 Å². The van der Waals surface area contributed by atoms with Gasteiger partial charge in [-0.2, -0.15) is 0 Å². The number of pyridine rings is 1. The van der Waals surface area contributed by atoms with Crippen LogP contribution in [0, 0.1) is 5.82 Å². The van der Waals surface area contributed by atoms with Crippen molar-refractivity contribution in [2.75, 3.05) is 26.2 Å². The summed E-state index contributed by atoms with van der Waals surface area (Å²) < 4.78 is 26.8. The molecule has 10 heteroatoms. The number of piperazine rings is 1. The Morgan fingerprint density at radius 1 is 1.25 bits per heavy atom. The van der Waals surface area contributed by atoms with Crippen LogP contribution >= 0.6 is 11.6 Å². The van der Waals surface area contributed by atoms with Gasteiger partial charge in [0, 0.05) is 25.6 Å². The number of aromatic nitrogens is 1. The molecule has 2 atom stereocenters. The van der Waals surface area contributed by atoms with E-state index in [1.807, 2.05) is 27.7 Å². The molecule has 1 aromatic carbocycles. The fourth-order valence-electron chi connectivity index (χ4n) is 5.37. The average molecular weight is 576 g/mol. The number of hydrogen-bond donors (Lipinski definition) is 1. The molecule has 1 saturated heterocycles. The number of carbonyl (C=O) groups is 2. The molecule has 2 amide bonds. The SMILES string of the molecule is CCCCCC(CC)c1nc(-c2c(O)cccc2F)c(Cl)c2c1C(=O)N1CCN(C(=O)OC(C)(C)C)CC1CO2. The summed E-state index contributed by atoms with van der Waals surface area (Å²) >= 11 is 6.82. The van der Waals surface area contributed by atoms with Gasteiger partial charge in [0.1, 0.15) is 34.4 Å². The van der Waals surface area contributed by atoms with Crippen LogP contribution in [-0.4, -0.2) is 69.8 Å². The van der Waals surface area contributed by atoms with Gasteiger partial charge in [-0.25, -0.2) is 14.2 Å². The molecule has 2 aromatic rings. The number of phenolic OH excluding ortho intramolecular Hbond substituents is 1. The minimum atomic E-state index is -0.676. The van der Waals surface area contributed by atoms with Crippen LogP contribution in [-0.2, 0) is 4.74 Å². The van der Waals surface area contributed by atoms with Gasteiger partial charge in [-0.05, 0) is 45.7 Å². The Labute approximate surface area is 240 Å². The zero-order valence-corrected chi connectivity index (χ0v) is 24.7. The largest absolute Gasteiger partial charge is 0.507 e. The number of ether oxygens (including phenoxy) is 2. The number of benzene rings is 1. The van der Waals surface area contributed by atoms with Crippen molar-refractivity contribution in [3.05, 3.63) is 40.3 Å². The van der Waals surface area contributed by atoms with Crippen LogP contribution in [0.4, 0.5) is 9.18 Å². The molecule has 0 saturated carbocycles. The van der Waals surface area contributed by atoms with Gasteiger partial charge in [0.15, 0.2) is 5.75 Å². The molecular formula is C30H39ClFN3O5. The number of unbranched alkanes of at least 4 members (excludes halogenated alkanes) is 2. The van der Waals surface area contributed by atoms with Gasteiger partial charge in [-0.1, -0.05) is 50.8 Å². The molecule has 0 spiro atoms. The summed E-state index contributed by atoms with van der Waals surface area (Å²) in [6, 6.07) is 3.57. The molecule has 0 aliphatic carbocycles. The number of phenols is 1. The molecule has 3 heterocycles. The zero-order chi connectivity index (χ0) is 29.2. The Hall–Kier alpha value is -3.07. The van der Waals surface area contributed by atoms with Crippen LogP contribution in [0.25, 0.3) is 11.3 Å². The molecule has 8 nitrogen and oxygen atoms in total. The van der Waals surface area contributed by atoms with Crippen LogP contribution in [0.5, 0.6) is 11.5 Å². The highest BCUT2D eigenvalue weighted by Gasteiger charge is 2.41. The van der Waals surface area contributed by atoms with Crippen LogP contribution in [0.3, 0.4) is 0 Å². The topological polar surface area (TPSA) is 92.2 Å². The first-order chi connectivity index (χ1) is 19.0. The summed E-state index contributed by atoms with van der Waals surface area (Å²) in [5.41, 5.74) is 0.0461. The number of rotatable bonds is 7. The van der Waals surface area contributed by atoms with Crippen molar-refractivity contribution in [2.45, 2.75) is 84.3 Å². The lowest BCUT2D eigenvalue weighted by molar-refractivity contribution is 0.000930. The Kier molecular flexibility index (Phi) is 9.12. The Morgan fingerprint density at radius 3 is 2.65 bits per heavy atom. The van der Waals surface area contributed by atoms with Gasteiger partial charge < -0.3 is 24.4 Å². The number of aromatic hydroxyl groups is 1. The van der Waals surface area contributed by atoms with Gasteiger partial charge in [-0.15, -0.1) is 0 Å². The second-order valence-corrected chi connectivity index (χ2v) is 11.9. The third-order valence-electron chi connectivity index (χ3n) is 7.42. The molecule has 1 aromatic heterocycles. The van der Waals surface area contributed by atoms with Crippen molar-refractivity contribution in [2.24, 2.45) is 0 Å². The Bertz CT molecular complexity index is 1240. The minimum absolute atomic E-state index is 0.0280. The van der Waals surface area contributed by atoms with Crippen molar-refractivity contribution in [1.82, 2.24) is 14.8 Å². The smallest absolute Gasteiger partial charge is 0.410 e. The molecule has 0 radical (unpaired) electrons. The van der Waals surface area contributed by atoms with Crippen molar-refractivity contribution in [3.63, 3.8) is 0 Å². The molecular weight excluding hydrogens is 537 g/mol. The van der Waals surface area contributed by atoms with Crippen LogP contribution < -0.4 is 4.74 Å². The van der Waals surface area contributed by atoms with Crippen LogP contribution in [0.2, 0.25) is 5.02 Å². The summed E-state index contributed by atoms with van der Waals surface area (Å²) in [5.74, 6) is -1.21. The minimum Gasteiger partial charge on any atom is -0.507 e. The zero-order valence-electron chi connectivity index (χ0n) is 23.9. The van der Waals surface area contributed by atoms with Crippen LogP contribution in [0.1, 0.15) is 88.7 Å². The van der Waals surface area contributed by atoms with Gasteiger partial charge in [0.2, 0.25) is 0 Å². The number of halogens is 2. The van der Waals surface area contributed by atoms with Gasteiger partial charge in [-0.3, -0.25) is 4.79 Å². The molecule has 2 unspecified atom stereocenters. The van der Waals surface area contributed by atoms with E-state index in [-0.39, 0.29) is 58.3 Å². The highest BCUT2D eigenvalue weighted by Crippen LogP contribution is 2.46. The summed E-state index contributed by atoms with van der Waals surface area (Å²) in [4.78, 5) is 35.0. The first-order valence-electron chi connectivity index (χ1n) is 14.1. The van der Waals surface area contributed by atoms with E-state index in [1.54, 1.807) is 9.80 Å². The second kappa shape index (κ2) is 12.2. The molecule has 2 aliphatic heterocycles. The third-order valence-corrected chi connectivity index (χ3v) is 7.77. The summed E-state index contributed by atoms with van der Waals surface area (Å²) in [7, 11) is 0. The van der Waals surface area contributed by atoms with E-state index in [4.69, 9.17) is 26.1 Å². The van der Waals surface area contributed by atoms with Crippen molar-refractivity contribution in [1.29, 1.82) is 0 Å².